The number of hydrogen-bond donors (Lipinski definition) is 0. The van der Waals surface area contributed by atoms with Gasteiger partial charge in [-0.25, -0.2) is 14.9 Å². The molecule has 10 heteroatoms. The maximum atomic E-state index is 14.0. The molecule has 0 aromatic heterocycles. The highest BCUT2D eigenvalue weighted by atomic mass is 32.2. The number of ether oxygens (including phenoxy) is 3. The molecular weight excluding hydrogens is 783 g/mol. The Morgan fingerprint density at radius 3 is 1.69 bits per heavy atom. The number of anilines is 1. The van der Waals surface area contributed by atoms with Gasteiger partial charge in [0.05, 0.1) is 41.0 Å². The first kappa shape index (κ1) is 46.7. The van der Waals surface area contributed by atoms with Crippen LogP contribution in [-0.2, 0) is 19.1 Å². The van der Waals surface area contributed by atoms with Crippen molar-refractivity contribution in [2.75, 3.05) is 18.1 Å². The van der Waals surface area contributed by atoms with Crippen LogP contribution in [0.15, 0.2) is 40.4 Å². The molecule has 0 bridgehead atoms. The van der Waals surface area contributed by atoms with Crippen LogP contribution in [0.5, 0.6) is 11.5 Å². The first-order valence-corrected chi connectivity index (χ1v) is 24.9. The topological polar surface area (TPSA) is 110 Å². The molecule has 9 nitrogen and oxygen atoms in total. The smallest absolute Gasteiger partial charge is 0.330 e. The predicted molar refractivity (Wildman–Crippen MR) is 241 cm³/mol. The standard InChI is InChI=1S/C51H71N3O6S/c1-5-8-12-35-14-18-37(19-15-35)39-22-26-41(27-23-39)50(56)59-44-30-31-45(48-47(44)54(49(61-48)43(34-52)53-4)32-10-11-33-58-46(55)7-3)60-51(57)42-28-24-40(25-29-42)38-20-16-36(17-21-38)13-9-6-2/h7,30-31,35-42H,3,5-6,8-29,32-33H2,1-2H3. The number of unbranched alkanes of at least 4 members (excludes halogenated alkanes) is 3. The Balaban J connectivity index is 1.14. The monoisotopic (exact) mass is 854 g/mol. The lowest BCUT2D eigenvalue weighted by molar-refractivity contribution is -0.141. The first-order chi connectivity index (χ1) is 29.8. The van der Waals surface area contributed by atoms with E-state index in [9.17, 15) is 19.6 Å². The maximum absolute atomic E-state index is 14.0. The number of allylic oxidation sites excluding steroid dienone is 1. The van der Waals surface area contributed by atoms with Gasteiger partial charge in [0.15, 0.2) is 5.75 Å². The molecule has 0 radical (unpaired) electrons. The van der Waals surface area contributed by atoms with Gasteiger partial charge in [0.2, 0.25) is 0 Å². The van der Waals surface area contributed by atoms with Gasteiger partial charge in [-0.1, -0.05) is 96.4 Å². The average molecular weight is 854 g/mol. The Labute approximate surface area is 370 Å². The third-order valence-electron chi connectivity index (χ3n) is 15.1. The minimum absolute atomic E-state index is 0.0933. The molecule has 0 unspecified atom stereocenters. The van der Waals surface area contributed by atoms with E-state index in [1.54, 1.807) is 12.1 Å². The normalized spacial score (nSPS) is 28.4. The molecule has 61 heavy (non-hydrogen) atoms. The number of carbonyl (C=O) groups excluding carboxylic acids is 3. The van der Waals surface area contributed by atoms with E-state index in [1.165, 1.54) is 102 Å². The summed E-state index contributed by atoms with van der Waals surface area (Å²) in [7, 11) is 0. The van der Waals surface area contributed by atoms with Gasteiger partial charge in [-0.3, -0.25) is 9.59 Å². The summed E-state index contributed by atoms with van der Waals surface area (Å²) < 4.78 is 17.8. The molecule has 332 valence electrons. The van der Waals surface area contributed by atoms with Crippen molar-refractivity contribution in [3.8, 4) is 17.6 Å². The Hall–Kier alpha value is -3.76. The minimum atomic E-state index is -0.495. The number of thioether (sulfide) groups is 1. The fraction of sp³-hybridized carbons (Fsp3) is 0.706. The molecule has 1 aromatic rings. The van der Waals surface area contributed by atoms with Crippen LogP contribution in [0.3, 0.4) is 0 Å². The largest absolute Gasteiger partial charge is 0.463 e. The van der Waals surface area contributed by atoms with Crippen molar-refractivity contribution in [2.24, 2.45) is 47.3 Å². The molecule has 1 aromatic carbocycles. The Morgan fingerprint density at radius 2 is 1.23 bits per heavy atom. The number of rotatable bonds is 18. The lowest BCUT2D eigenvalue weighted by atomic mass is 9.68. The highest BCUT2D eigenvalue weighted by Crippen LogP contribution is 2.56. The zero-order valence-corrected chi connectivity index (χ0v) is 38.0. The summed E-state index contributed by atoms with van der Waals surface area (Å²) in [5.74, 6) is 3.93. The van der Waals surface area contributed by atoms with E-state index in [1.807, 2.05) is 4.90 Å². The van der Waals surface area contributed by atoms with Gasteiger partial charge in [0, 0.05) is 12.6 Å². The molecule has 5 aliphatic rings. The summed E-state index contributed by atoms with van der Waals surface area (Å²) in [6, 6.07) is 5.48. The SMILES string of the molecule is [C-]#[N+]C(C#N)=C1Sc2c(OC(=O)C3CCC(C4CCC(CCCC)CC4)CC3)ccc(OC(=O)C3CCC(C4CCC(CCCC)CC4)CC3)c2N1CCCCOC(=O)C=C. The lowest BCUT2D eigenvalue weighted by Gasteiger charge is -2.37. The van der Waals surface area contributed by atoms with Crippen LogP contribution in [0, 0.1) is 65.2 Å². The van der Waals surface area contributed by atoms with Crippen molar-refractivity contribution in [1.29, 1.82) is 5.26 Å². The number of fused-ring (bicyclic) bond motifs is 1. The van der Waals surface area contributed by atoms with Gasteiger partial charge < -0.3 is 19.1 Å². The van der Waals surface area contributed by atoms with Gasteiger partial charge in [-0.15, -0.1) is 0 Å². The zero-order chi connectivity index (χ0) is 43.1. The zero-order valence-electron chi connectivity index (χ0n) is 37.1. The van der Waals surface area contributed by atoms with E-state index in [-0.39, 0.29) is 36.1 Å². The van der Waals surface area contributed by atoms with Crippen LogP contribution in [0.2, 0.25) is 0 Å². The lowest BCUT2D eigenvalue weighted by Crippen LogP contribution is -2.30. The fourth-order valence-corrected chi connectivity index (χ4v) is 12.5. The number of nitriles is 1. The second-order valence-corrected chi connectivity index (χ2v) is 19.9. The third kappa shape index (κ3) is 12.5. The van der Waals surface area contributed by atoms with Crippen LogP contribution >= 0.6 is 11.8 Å². The number of benzene rings is 1. The van der Waals surface area contributed by atoms with Crippen molar-refractivity contribution < 1.29 is 28.6 Å². The van der Waals surface area contributed by atoms with Gasteiger partial charge in [-0.05, 0) is 138 Å². The summed E-state index contributed by atoms with van der Waals surface area (Å²) in [6.07, 6.45) is 28.2. The van der Waals surface area contributed by atoms with Crippen molar-refractivity contribution >= 4 is 35.4 Å². The summed E-state index contributed by atoms with van der Waals surface area (Å²) in [5, 5.41) is 10.5. The Morgan fingerprint density at radius 1 is 0.754 bits per heavy atom. The maximum Gasteiger partial charge on any atom is 0.330 e. The van der Waals surface area contributed by atoms with Gasteiger partial charge >= 0.3 is 17.9 Å². The van der Waals surface area contributed by atoms with Crippen molar-refractivity contribution in [1.82, 2.24) is 0 Å². The summed E-state index contributed by atoms with van der Waals surface area (Å²) in [5.41, 5.74) is 0.439. The van der Waals surface area contributed by atoms with E-state index < -0.39 is 5.97 Å². The molecular formula is C51H71N3O6S. The molecule has 0 atom stereocenters. The second kappa shape index (κ2) is 23.6. The van der Waals surface area contributed by atoms with E-state index in [0.29, 0.717) is 58.3 Å². The summed E-state index contributed by atoms with van der Waals surface area (Å²) in [6.45, 7) is 16.4. The molecule has 1 heterocycles. The van der Waals surface area contributed by atoms with Crippen molar-refractivity contribution in [3.05, 3.63) is 46.9 Å². The fourth-order valence-electron chi connectivity index (χ4n) is 11.3. The van der Waals surface area contributed by atoms with Crippen molar-refractivity contribution in [3.63, 3.8) is 0 Å². The molecule has 0 amide bonds. The molecule has 4 aliphatic carbocycles. The number of nitrogens with zero attached hydrogens (tertiary/aromatic N) is 3. The third-order valence-corrected chi connectivity index (χ3v) is 16.3. The molecule has 0 spiro atoms. The number of esters is 3. The van der Waals surface area contributed by atoms with Gasteiger partial charge in [0.1, 0.15) is 11.4 Å². The second-order valence-electron chi connectivity index (χ2n) is 18.9. The molecule has 4 saturated carbocycles. The molecule has 4 fully saturated rings. The van der Waals surface area contributed by atoms with Crippen molar-refractivity contribution in [2.45, 2.75) is 173 Å². The molecule has 0 N–H and O–H groups in total. The minimum Gasteiger partial charge on any atom is -0.463 e. The first-order valence-electron chi connectivity index (χ1n) is 24.1. The van der Waals surface area contributed by atoms with Gasteiger partial charge in [0.25, 0.3) is 5.70 Å². The number of hydrogen-bond acceptors (Lipinski definition) is 9. The van der Waals surface area contributed by atoms with Crippen LogP contribution in [0.1, 0.15) is 168 Å². The number of carbonyl (C=O) groups is 3. The van der Waals surface area contributed by atoms with E-state index >= 15 is 0 Å². The summed E-state index contributed by atoms with van der Waals surface area (Å²) in [4.78, 5) is 45.5. The highest BCUT2D eigenvalue weighted by molar-refractivity contribution is 8.03. The molecule has 0 saturated heterocycles. The predicted octanol–water partition coefficient (Wildman–Crippen LogP) is 13.1. The Bertz CT molecular complexity index is 1750. The van der Waals surface area contributed by atoms with E-state index in [0.717, 1.165) is 81.1 Å². The van der Waals surface area contributed by atoms with E-state index in [2.05, 4.69) is 31.3 Å². The quantitative estimate of drug-likeness (QED) is 0.0356. The highest BCUT2D eigenvalue weighted by Gasteiger charge is 2.39. The van der Waals surface area contributed by atoms with E-state index in [4.69, 9.17) is 20.8 Å². The molecule has 1 aliphatic heterocycles. The molecule has 6 rings (SSSR count). The van der Waals surface area contributed by atoms with Gasteiger partial charge in [-0.2, -0.15) is 0 Å². The average Bonchev–Trinajstić information content (AvgIpc) is 3.68. The Kier molecular flexibility index (Phi) is 18.1. The van der Waals surface area contributed by atoms with Crippen LogP contribution < -0.4 is 14.4 Å². The van der Waals surface area contributed by atoms with Crippen LogP contribution in [0.25, 0.3) is 4.85 Å². The van der Waals surface area contributed by atoms with Crippen LogP contribution in [0.4, 0.5) is 5.69 Å². The summed E-state index contributed by atoms with van der Waals surface area (Å²) >= 11 is 1.21. The van der Waals surface area contributed by atoms with Crippen LogP contribution in [-0.4, -0.2) is 31.1 Å².